The topological polar surface area (TPSA) is 21.6 Å². The number of benzene rings is 2. The van der Waals surface area contributed by atoms with Gasteiger partial charge in [-0.15, -0.1) is 0 Å². The van der Waals surface area contributed by atoms with Crippen molar-refractivity contribution in [1.29, 1.82) is 0 Å². The zero-order chi connectivity index (χ0) is 18.9. The van der Waals surface area contributed by atoms with Crippen molar-refractivity contribution < 1.29 is 4.52 Å². The molecule has 0 bridgehead atoms. The van der Waals surface area contributed by atoms with Gasteiger partial charge in [0.25, 0.3) is 0 Å². The average Bonchev–Trinajstić information content (AvgIpc) is 2.98. The molecule has 0 N–H and O–H groups in total. The van der Waals surface area contributed by atoms with Gasteiger partial charge in [0.05, 0.1) is 29.7 Å². The van der Waals surface area contributed by atoms with E-state index in [-0.39, 0.29) is 6.23 Å². The van der Waals surface area contributed by atoms with Crippen LogP contribution in [0.3, 0.4) is 0 Å². The number of aliphatic imine (C=N–C) groups is 1. The number of hydrogen-bond donors (Lipinski definition) is 0. The summed E-state index contributed by atoms with van der Waals surface area (Å²) in [6.45, 7) is 15.0. The average molecular weight is 400 g/mol. The van der Waals surface area contributed by atoms with Gasteiger partial charge in [-0.25, -0.2) is 4.99 Å². The number of nitrogens with zero attached hydrogens (tertiary/aromatic N) is 1. The molecular formula is C21H30NOPSi2. The lowest BCUT2D eigenvalue weighted by molar-refractivity contribution is 0.258. The molecule has 2 nitrogen and oxygen atoms in total. The van der Waals surface area contributed by atoms with Crippen LogP contribution in [-0.2, 0) is 4.52 Å². The van der Waals surface area contributed by atoms with Gasteiger partial charge in [-0.1, -0.05) is 99.9 Å². The van der Waals surface area contributed by atoms with Crippen molar-refractivity contribution in [3.05, 3.63) is 71.8 Å². The third kappa shape index (κ3) is 4.25. The molecule has 1 aliphatic rings. The van der Waals surface area contributed by atoms with Crippen molar-refractivity contribution in [2.24, 2.45) is 4.99 Å². The van der Waals surface area contributed by atoms with E-state index >= 15 is 0 Å². The van der Waals surface area contributed by atoms with E-state index in [1.54, 1.807) is 0 Å². The maximum Gasteiger partial charge on any atom is 0.179 e. The van der Waals surface area contributed by atoms with Gasteiger partial charge >= 0.3 is 0 Å². The molecule has 0 aliphatic carbocycles. The summed E-state index contributed by atoms with van der Waals surface area (Å²) < 4.78 is 6.76. The molecular weight excluding hydrogens is 369 g/mol. The Labute approximate surface area is 161 Å². The Morgan fingerprint density at radius 2 is 1.31 bits per heavy atom. The fourth-order valence-electron chi connectivity index (χ4n) is 4.08. The lowest BCUT2D eigenvalue weighted by Crippen LogP contribution is -2.53. The molecule has 26 heavy (non-hydrogen) atoms. The largest absolute Gasteiger partial charge is 0.324 e. The smallest absolute Gasteiger partial charge is 0.179 e. The third-order valence-electron chi connectivity index (χ3n) is 4.65. The molecule has 0 radical (unpaired) electrons. The van der Waals surface area contributed by atoms with Crippen LogP contribution in [0.2, 0.25) is 39.3 Å². The highest BCUT2D eigenvalue weighted by Gasteiger charge is 2.48. The summed E-state index contributed by atoms with van der Waals surface area (Å²) in [5.74, 6) is 0. The van der Waals surface area contributed by atoms with Crippen molar-refractivity contribution >= 4 is 29.7 Å². The van der Waals surface area contributed by atoms with Crippen LogP contribution in [0.25, 0.3) is 0 Å². The van der Waals surface area contributed by atoms with Crippen molar-refractivity contribution in [2.45, 2.75) is 50.4 Å². The summed E-state index contributed by atoms with van der Waals surface area (Å²) in [7, 11) is -3.53. The van der Waals surface area contributed by atoms with Crippen LogP contribution in [0, 0.1) is 0 Å². The first-order valence-corrected chi connectivity index (χ1v) is 17.8. The molecule has 0 fully saturated rings. The summed E-state index contributed by atoms with van der Waals surface area (Å²) >= 11 is 0. The van der Waals surface area contributed by atoms with Crippen LogP contribution < -0.4 is 0 Å². The minimum Gasteiger partial charge on any atom is -0.324 e. The highest BCUT2D eigenvalue weighted by atomic mass is 31.1. The summed E-state index contributed by atoms with van der Waals surface area (Å²) in [6, 6.07) is 21.1. The van der Waals surface area contributed by atoms with Gasteiger partial charge in [0.15, 0.2) is 6.23 Å². The van der Waals surface area contributed by atoms with Crippen LogP contribution in [0.4, 0.5) is 0 Å². The van der Waals surface area contributed by atoms with Gasteiger partial charge in [0, 0.05) is 11.1 Å². The van der Waals surface area contributed by atoms with Gasteiger partial charge in [-0.05, 0) is 4.91 Å². The first-order valence-electron chi connectivity index (χ1n) is 9.32. The molecule has 2 aromatic carbocycles. The Morgan fingerprint density at radius 1 is 0.808 bits per heavy atom. The van der Waals surface area contributed by atoms with Gasteiger partial charge < -0.3 is 4.52 Å². The van der Waals surface area contributed by atoms with E-state index in [9.17, 15) is 0 Å². The maximum atomic E-state index is 6.76. The molecule has 0 saturated carbocycles. The van der Waals surface area contributed by atoms with Crippen LogP contribution in [-0.4, -0.2) is 26.5 Å². The van der Waals surface area contributed by atoms with Crippen LogP contribution in [0.1, 0.15) is 17.4 Å². The summed E-state index contributed by atoms with van der Waals surface area (Å²) in [4.78, 5) is 5.80. The van der Waals surface area contributed by atoms with E-state index in [1.807, 2.05) is 0 Å². The molecule has 0 amide bonds. The third-order valence-corrected chi connectivity index (χ3v) is 20.9. The van der Waals surface area contributed by atoms with E-state index in [1.165, 1.54) is 11.0 Å². The summed E-state index contributed by atoms with van der Waals surface area (Å²) in [5.41, 5.74) is 3.61. The predicted octanol–water partition coefficient (Wildman–Crippen LogP) is 6.68. The van der Waals surface area contributed by atoms with E-state index in [4.69, 9.17) is 9.52 Å². The lowest BCUT2D eigenvalue weighted by Gasteiger charge is -2.42. The monoisotopic (exact) mass is 399 g/mol. The van der Waals surface area contributed by atoms with Gasteiger partial charge in [0.1, 0.15) is 0 Å². The Kier molecular flexibility index (Phi) is 5.69. The standard InChI is InChI=1S/C21H30NOPSi2/c1-25(2,3)21(26(4,5)6)24-20(18-15-11-8-12-16-18)22-19(23-24)17-13-9-7-10-14-17/h7-16,19,21H,1-6H3. The van der Waals surface area contributed by atoms with Crippen LogP contribution >= 0.6 is 8.15 Å². The molecule has 2 aromatic rings. The molecule has 1 heterocycles. The molecule has 5 heteroatoms. The minimum atomic E-state index is -1.41. The fraction of sp³-hybridized carbons (Fsp3) is 0.381. The van der Waals surface area contributed by atoms with E-state index < -0.39 is 24.3 Å². The highest BCUT2D eigenvalue weighted by molar-refractivity contribution is 7.77. The second kappa shape index (κ2) is 7.51. The van der Waals surface area contributed by atoms with Gasteiger partial charge in [0.2, 0.25) is 0 Å². The summed E-state index contributed by atoms with van der Waals surface area (Å²) in [5, 5.41) is 0. The zero-order valence-corrected chi connectivity index (χ0v) is 19.6. The molecule has 2 unspecified atom stereocenters. The quantitative estimate of drug-likeness (QED) is 0.406. The Hall–Kier alpha value is -1.07. The first kappa shape index (κ1) is 19.7. The SMILES string of the molecule is C[Si](C)(C)C(P1OC(c2ccccc2)N=C1c1ccccc1)[Si](C)(C)C. The molecule has 2 atom stereocenters. The fourth-order valence-corrected chi connectivity index (χ4v) is 22.7. The normalized spacial score (nSPS) is 21.1. The second-order valence-electron chi connectivity index (χ2n) is 9.15. The highest BCUT2D eigenvalue weighted by Crippen LogP contribution is 2.59. The minimum absolute atomic E-state index is 0.160. The molecule has 0 aromatic heterocycles. The van der Waals surface area contributed by atoms with Gasteiger partial charge in [-0.2, -0.15) is 0 Å². The number of rotatable bonds is 5. The molecule has 1 aliphatic heterocycles. The van der Waals surface area contributed by atoms with Crippen molar-refractivity contribution in [3.63, 3.8) is 0 Å². The van der Waals surface area contributed by atoms with Crippen LogP contribution in [0.15, 0.2) is 65.7 Å². The molecule has 3 rings (SSSR count). The Balaban J connectivity index is 2.07. The van der Waals surface area contributed by atoms with E-state index in [2.05, 4.69) is 99.9 Å². The van der Waals surface area contributed by atoms with E-state index in [0.717, 1.165) is 5.56 Å². The van der Waals surface area contributed by atoms with E-state index in [0.29, 0.717) is 4.91 Å². The lowest BCUT2D eigenvalue weighted by atomic mass is 10.2. The van der Waals surface area contributed by atoms with Gasteiger partial charge in [-0.3, -0.25) is 0 Å². The second-order valence-corrected chi connectivity index (χ2v) is 23.1. The maximum absolute atomic E-state index is 6.76. The van der Waals surface area contributed by atoms with Crippen molar-refractivity contribution in [1.82, 2.24) is 0 Å². The first-order chi connectivity index (χ1) is 12.2. The molecule has 0 spiro atoms. The summed E-state index contributed by atoms with van der Waals surface area (Å²) in [6.07, 6.45) is -0.160. The van der Waals surface area contributed by atoms with Crippen molar-refractivity contribution in [3.8, 4) is 0 Å². The Bertz CT molecular complexity index is 752. The number of hydrogen-bond acceptors (Lipinski definition) is 2. The molecule has 0 saturated heterocycles. The Morgan fingerprint density at radius 3 is 1.81 bits per heavy atom. The zero-order valence-electron chi connectivity index (χ0n) is 16.7. The van der Waals surface area contributed by atoms with Crippen molar-refractivity contribution in [2.75, 3.05) is 0 Å². The molecule has 138 valence electrons. The van der Waals surface area contributed by atoms with Crippen LogP contribution in [0.5, 0.6) is 0 Å². The predicted molar refractivity (Wildman–Crippen MR) is 121 cm³/mol.